The number of oxazole rings is 1. The SMILES string of the molecule is CC(C)c1nc2cc(CNCC3CCC3)cc(C3CC3)c2o1. The lowest BCUT2D eigenvalue weighted by Crippen LogP contribution is -2.26. The molecule has 0 unspecified atom stereocenters. The molecule has 2 aliphatic rings. The van der Waals surface area contributed by atoms with Gasteiger partial charge < -0.3 is 9.73 Å². The normalized spacial score (nSPS) is 19.0. The molecular weight excluding hydrogens is 272 g/mol. The van der Waals surface area contributed by atoms with Crippen molar-refractivity contribution >= 4 is 11.1 Å². The van der Waals surface area contributed by atoms with Gasteiger partial charge in [0.05, 0.1) is 0 Å². The van der Waals surface area contributed by atoms with Crippen molar-refractivity contribution in [3.8, 4) is 0 Å². The summed E-state index contributed by atoms with van der Waals surface area (Å²) in [7, 11) is 0. The number of nitrogens with zero attached hydrogens (tertiary/aromatic N) is 1. The van der Waals surface area contributed by atoms with E-state index in [2.05, 4.69) is 31.3 Å². The second kappa shape index (κ2) is 5.69. The molecule has 22 heavy (non-hydrogen) atoms. The minimum atomic E-state index is 0.347. The second-order valence-electron chi connectivity index (χ2n) is 7.44. The molecular formula is C19H26N2O. The number of hydrogen-bond donors (Lipinski definition) is 1. The van der Waals surface area contributed by atoms with Gasteiger partial charge in [-0.25, -0.2) is 4.98 Å². The van der Waals surface area contributed by atoms with Gasteiger partial charge in [0.1, 0.15) is 5.52 Å². The van der Waals surface area contributed by atoms with Crippen LogP contribution in [-0.4, -0.2) is 11.5 Å². The van der Waals surface area contributed by atoms with E-state index < -0.39 is 0 Å². The van der Waals surface area contributed by atoms with Crippen LogP contribution in [0.4, 0.5) is 0 Å². The van der Waals surface area contributed by atoms with Crippen LogP contribution in [0.1, 0.15) is 74.8 Å². The van der Waals surface area contributed by atoms with Gasteiger partial charge in [-0.15, -0.1) is 0 Å². The summed E-state index contributed by atoms with van der Waals surface area (Å²) in [6.07, 6.45) is 6.82. The Balaban J connectivity index is 1.58. The maximum atomic E-state index is 6.05. The molecule has 0 amide bonds. The van der Waals surface area contributed by atoms with E-state index in [1.54, 1.807) is 0 Å². The maximum Gasteiger partial charge on any atom is 0.198 e. The monoisotopic (exact) mass is 298 g/mol. The Labute approximate surface area is 132 Å². The van der Waals surface area contributed by atoms with Crippen LogP contribution in [-0.2, 0) is 6.54 Å². The molecule has 2 aromatic rings. The fourth-order valence-electron chi connectivity index (χ4n) is 3.30. The van der Waals surface area contributed by atoms with E-state index in [4.69, 9.17) is 9.40 Å². The summed E-state index contributed by atoms with van der Waals surface area (Å²) in [4.78, 5) is 4.72. The van der Waals surface area contributed by atoms with Crippen molar-refractivity contribution in [1.82, 2.24) is 10.3 Å². The third kappa shape index (κ3) is 2.79. The van der Waals surface area contributed by atoms with Gasteiger partial charge in [0.25, 0.3) is 0 Å². The van der Waals surface area contributed by atoms with Gasteiger partial charge in [-0.2, -0.15) is 0 Å². The molecule has 4 rings (SSSR count). The summed E-state index contributed by atoms with van der Waals surface area (Å²) in [6, 6.07) is 4.56. The van der Waals surface area contributed by atoms with E-state index in [1.807, 2.05) is 0 Å². The second-order valence-corrected chi connectivity index (χ2v) is 7.44. The Morgan fingerprint density at radius 3 is 2.68 bits per heavy atom. The Morgan fingerprint density at radius 2 is 2.05 bits per heavy atom. The first-order valence-corrected chi connectivity index (χ1v) is 8.84. The summed E-state index contributed by atoms with van der Waals surface area (Å²) in [5.41, 5.74) is 4.83. The van der Waals surface area contributed by atoms with Crippen LogP contribution in [0.5, 0.6) is 0 Å². The fourth-order valence-corrected chi connectivity index (χ4v) is 3.30. The number of aromatic nitrogens is 1. The standard InChI is InChI=1S/C19H26N2O/c1-12(2)19-21-17-9-14(11-20-10-13-4-3-5-13)8-16(15-6-7-15)18(17)22-19/h8-9,12-13,15,20H,3-7,10-11H2,1-2H3. The number of hydrogen-bond acceptors (Lipinski definition) is 3. The van der Waals surface area contributed by atoms with Gasteiger partial charge in [0.15, 0.2) is 11.5 Å². The third-order valence-electron chi connectivity index (χ3n) is 5.09. The molecule has 3 heteroatoms. The highest BCUT2D eigenvalue weighted by atomic mass is 16.3. The molecule has 3 nitrogen and oxygen atoms in total. The summed E-state index contributed by atoms with van der Waals surface area (Å²) in [6.45, 7) is 6.40. The summed E-state index contributed by atoms with van der Waals surface area (Å²) < 4.78 is 6.05. The van der Waals surface area contributed by atoms with Crippen LogP contribution in [0.25, 0.3) is 11.1 Å². The van der Waals surface area contributed by atoms with Crippen molar-refractivity contribution in [1.29, 1.82) is 0 Å². The van der Waals surface area contributed by atoms with Crippen molar-refractivity contribution in [3.05, 3.63) is 29.2 Å². The molecule has 0 saturated heterocycles. The lowest BCUT2D eigenvalue weighted by molar-refractivity contribution is 0.301. The summed E-state index contributed by atoms with van der Waals surface area (Å²) in [5, 5.41) is 3.63. The molecule has 0 aliphatic heterocycles. The van der Waals surface area contributed by atoms with E-state index in [0.717, 1.165) is 36.0 Å². The van der Waals surface area contributed by atoms with E-state index >= 15 is 0 Å². The van der Waals surface area contributed by atoms with Crippen molar-refractivity contribution in [2.75, 3.05) is 6.54 Å². The van der Waals surface area contributed by atoms with Crippen LogP contribution in [0.15, 0.2) is 16.5 Å². The third-order valence-corrected chi connectivity index (χ3v) is 5.09. The minimum Gasteiger partial charge on any atom is -0.440 e. The molecule has 1 N–H and O–H groups in total. The first kappa shape index (κ1) is 14.3. The highest BCUT2D eigenvalue weighted by Gasteiger charge is 2.28. The zero-order chi connectivity index (χ0) is 15.1. The molecule has 2 saturated carbocycles. The summed E-state index contributed by atoms with van der Waals surface area (Å²) in [5.74, 6) is 2.82. The topological polar surface area (TPSA) is 38.1 Å². The van der Waals surface area contributed by atoms with Crippen LogP contribution in [0, 0.1) is 5.92 Å². The van der Waals surface area contributed by atoms with Crippen molar-refractivity contribution < 1.29 is 4.42 Å². The zero-order valence-electron chi connectivity index (χ0n) is 13.7. The average molecular weight is 298 g/mol. The average Bonchev–Trinajstić information content (AvgIpc) is 3.19. The van der Waals surface area contributed by atoms with Crippen molar-refractivity contribution in [2.24, 2.45) is 5.92 Å². The van der Waals surface area contributed by atoms with E-state index in [0.29, 0.717) is 11.8 Å². The smallest absolute Gasteiger partial charge is 0.198 e. The van der Waals surface area contributed by atoms with Gasteiger partial charge >= 0.3 is 0 Å². The first-order chi connectivity index (χ1) is 10.7. The van der Waals surface area contributed by atoms with Crippen LogP contribution in [0.2, 0.25) is 0 Å². The molecule has 0 spiro atoms. The Kier molecular flexibility index (Phi) is 3.69. The molecule has 2 aliphatic carbocycles. The van der Waals surface area contributed by atoms with Gasteiger partial charge in [0.2, 0.25) is 0 Å². The minimum absolute atomic E-state index is 0.347. The number of rotatable bonds is 6. The van der Waals surface area contributed by atoms with Crippen molar-refractivity contribution in [3.63, 3.8) is 0 Å². The lowest BCUT2D eigenvalue weighted by Gasteiger charge is -2.25. The predicted octanol–water partition coefficient (Wildman–Crippen LogP) is 4.72. The van der Waals surface area contributed by atoms with Gasteiger partial charge in [-0.3, -0.25) is 0 Å². The predicted molar refractivity (Wildman–Crippen MR) is 89.1 cm³/mol. The van der Waals surface area contributed by atoms with Crippen LogP contribution < -0.4 is 5.32 Å². The van der Waals surface area contributed by atoms with Gasteiger partial charge in [0, 0.05) is 18.0 Å². The molecule has 1 heterocycles. The number of nitrogens with one attached hydrogen (secondary N) is 1. The highest BCUT2D eigenvalue weighted by Crippen LogP contribution is 2.44. The van der Waals surface area contributed by atoms with Crippen molar-refractivity contribution in [2.45, 2.75) is 64.3 Å². The molecule has 1 aromatic heterocycles. The van der Waals surface area contributed by atoms with Crippen LogP contribution >= 0.6 is 0 Å². The highest BCUT2D eigenvalue weighted by molar-refractivity contribution is 5.78. The number of fused-ring (bicyclic) bond motifs is 1. The lowest BCUT2D eigenvalue weighted by atomic mass is 9.85. The molecule has 2 fully saturated rings. The molecule has 1 aromatic carbocycles. The molecule has 118 valence electrons. The molecule has 0 atom stereocenters. The quantitative estimate of drug-likeness (QED) is 0.838. The Morgan fingerprint density at radius 1 is 1.23 bits per heavy atom. The van der Waals surface area contributed by atoms with E-state index in [-0.39, 0.29) is 0 Å². The van der Waals surface area contributed by atoms with E-state index in [9.17, 15) is 0 Å². The summed E-state index contributed by atoms with van der Waals surface area (Å²) >= 11 is 0. The van der Waals surface area contributed by atoms with Gasteiger partial charge in [-0.1, -0.05) is 26.3 Å². The Bertz CT molecular complexity index is 665. The largest absolute Gasteiger partial charge is 0.440 e. The molecule has 0 radical (unpaired) electrons. The first-order valence-electron chi connectivity index (χ1n) is 8.84. The molecule has 0 bridgehead atoms. The van der Waals surface area contributed by atoms with Gasteiger partial charge in [-0.05, 0) is 55.7 Å². The number of benzene rings is 1. The van der Waals surface area contributed by atoms with Crippen LogP contribution in [0.3, 0.4) is 0 Å². The Hall–Kier alpha value is -1.35. The van der Waals surface area contributed by atoms with E-state index in [1.165, 1.54) is 43.2 Å². The fraction of sp³-hybridized carbons (Fsp3) is 0.632. The zero-order valence-corrected chi connectivity index (χ0v) is 13.7. The maximum absolute atomic E-state index is 6.05.